The monoisotopic (exact) mass is 371 g/mol. The van der Waals surface area contributed by atoms with Crippen molar-refractivity contribution in [2.75, 3.05) is 0 Å². The number of hydrogen-bond acceptors (Lipinski definition) is 1. The van der Waals surface area contributed by atoms with Gasteiger partial charge in [-0.15, -0.1) is 12.4 Å². The lowest BCUT2D eigenvalue weighted by molar-refractivity contribution is -0.137. The topological polar surface area (TPSA) is 26.0 Å². The van der Waals surface area contributed by atoms with Crippen LogP contribution in [0.25, 0.3) is 0 Å². The van der Waals surface area contributed by atoms with E-state index in [1.54, 1.807) is 6.07 Å². The molecule has 20 heavy (non-hydrogen) atoms. The highest BCUT2D eigenvalue weighted by atomic mass is 79.9. The van der Waals surface area contributed by atoms with Crippen molar-refractivity contribution in [3.8, 4) is 0 Å². The van der Waals surface area contributed by atoms with E-state index in [0.717, 1.165) is 31.7 Å². The molecule has 0 bridgehead atoms. The van der Waals surface area contributed by atoms with Crippen LogP contribution in [-0.4, -0.2) is 0 Å². The molecule has 0 radical (unpaired) electrons. The molecule has 0 unspecified atom stereocenters. The number of rotatable bonds is 2. The van der Waals surface area contributed by atoms with Crippen LogP contribution >= 0.6 is 28.3 Å². The Balaban J connectivity index is 0.00000200. The standard InChI is InChI=1S/C14H17BrF3N.ClH/c15-12-7-10(6-11(8-12)14(16,17)18)13(19)9-4-2-1-3-5-9;/h6-9,13H,1-5,19H2;1H/t13-;/m1./s1. The lowest BCUT2D eigenvalue weighted by atomic mass is 9.81. The number of halogens is 5. The molecule has 1 aromatic carbocycles. The van der Waals surface area contributed by atoms with Gasteiger partial charge in [-0.05, 0) is 42.5 Å². The summed E-state index contributed by atoms with van der Waals surface area (Å²) in [5, 5.41) is 0. The number of nitrogens with two attached hydrogens (primary N) is 1. The Kier molecular flexibility index (Phi) is 6.35. The van der Waals surface area contributed by atoms with Gasteiger partial charge < -0.3 is 5.73 Å². The van der Waals surface area contributed by atoms with Crippen LogP contribution in [0.3, 0.4) is 0 Å². The van der Waals surface area contributed by atoms with Crippen LogP contribution in [0.1, 0.15) is 49.3 Å². The van der Waals surface area contributed by atoms with Crippen LogP contribution in [0.4, 0.5) is 13.2 Å². The molecule has 0 saturated heterocycles. The second-order valence-corrected chi connectivity index (χ2v) is 6.11. The molecule has 0 heterocycles. The van der Waals surface area contributed by atoms with Crippen LogP contribution in [0, 0.1) is 5.92 Å². The van der Waals surface area contributed by atoms with Crippen LogP contribution in [0.5, 0.6) is 0 Å². The largest absolute Gasteiger partial charge is 0.416 e. The molecule has 114 valence electrons. The molecule has 0 aromatic heterocycles. The summed E-state index contributed by atoms with van der Waals surface area (Å²) in [5.41, 5.74) is 6.10. The van der Waals surface area contributed by atoms with Crippen molar-refractivity contribution in [1.82, 2.24) is 0 Å². The molecule has 1 saturated carbocycles. The summed E-state index contributed by atoms with van der Waals surface area (Å²) >= 11 is 3.14. The van der Waals surface area contributed by atoms with E-state index in [2.05, 4.69) is 15.9 Å². The van der Waals surface area contributed by atoms with Crippen molar-refractivity contribution in [3.05, 3.63) is 33.8 Å². The molecule has 2 N–H and O–H groups in total. The van der Waals surface area contributed by atoms with Crippen LogP contribution < -0.4 is 5.73 Å². The summed E-state index contributed by atoms with van der Waals surface area (Å²) < 4.78 is 38.8. The Bertz CT molecular complexity index is 445. The first-order valence-corrected chi connectivity index (χ1v) is 7.30. The van der Waals surface area contributed by atoms with Gasteiger partial charge in [0.05, 0.1) is 5.56 Å². The normalized spacial score (nSPS) is 18.4. The van der Waals surface area contributed by atoms with E-state index < -0.39 is 11.7 Å². The Morgan fingerprint density at radius 1 is 1.10 bits per heavy atom. The van der Waals surface area contributed by atoms with E-state index in [1.165, 1.54) is 12.5 Å². The van der Waals surface area contributed by atoms with Gasteiger partial charge in [0.15, 0.2) is 0 Å². The fourth-order valence-corrected chi connectivity index (χ4v) is 3.24. The average molecular weight is 373 g/mol. The molecule has 1 nitrogen and oxygen atoms in total. The van der Waals surface area contributed by atoms with E-state index in [4.69, 9.17) is 5.73 Å². The zero-order valence-corrected chi connectivity index (χ0v) is 13.3. The van der Waals surface area contributed by atoms with Gasteiger partial charge in [-0.3, -0.25) is 0 Å². The smallest absolute Gasteiger partial charge is 0.324 e. The Morgan fingerprint density at radius 3 is 2.25 bits per heavy atom. The lowest BCUT2D eigenvalue weighted by Gasteiger charge is -2.28. The zero-order valence-electron chi connectivity index (χ0n) is 10.9. The Labute approximate surface area is 131 Å². The maximum absolute atomic E-state index is 12.8. The molecule has 0 aliphatic heterocycles. The van der Waals surface area contributed by atoms with Crippen molar-refractivity contribution < 1.29 is 13.2 Å². The summed E-state index contributed by atoms with van der Waals surface area (Å²) in [6.45, 7) is 0. The third kappa shape index (κ3) is 4.37. The van der Waals surface area contributed by atoms with Gasteiger partial charge in [0, 0.05) is 10.5 Å². The summed E-state index contributed by atoms with van der Waals surface area (Å²) in [6.07, 6.45) is 1.14. The van der Waals surface area contributed by atoms with Crippen LogP contribution in [-0.2, 0) is 6.18 Å². The van der Waals surface area contributed by atoms with Crippen molar-refractivity contribution in [3.63, 3.8) is 0 Å². The fourth-order valence-electron chi connectivity index (χ4n) is 2.73. The second-order valence-electron chi connectivity index (χ2n) is 5.19. The van der Waals surface area contributed by atoms with E-state index in [1.807, 2.05) is 0 Å². The molecule has 1 aliphatic rings. The molecule has 1 aliphatic carbocycles. The van der Waals surface area contributed by atoms with E-state index in [-0.39, 0.29) is 18.4 Å². The maximum Gasteiger partial charge on any atom is 0.416 e. The average Bonchev–Trinajstić information content (AvgIpc) is 2.37. The second kappa shape index (κ2) is 7.14. The molecule has 1 atom stereocenters. The molecule has 1 fully saturated rings. The van der Waals surface area contributed by atoms with Crippen LogP contribution in [0.15, 0.2) is 22.7 Å². The number of alkyl halides is 3. The predicted molar refractivity (Wildman–Crippen MR) is 79.9 cm³/mol. The van der Waals surface area contributed by atoms with Crippen molar-refractivity contribution in [1.29, 1.82) is 0 Å². The van der Waals surface area contributed by atoms with E-state index in [9.17, 15) is 13.2 Å². The van der Waals surface area contributed by atoms with Crippen molar-refractivity contribution in [2.45, 2.75) is 44.3 Å². The van der Waals surface area contributed by atoms with Gasteiger partial charge in [0.1, 0.15) is 0 Å². The predicted octanol–water partition coefficient (Wildman–Crippen LogP) is 5.47. The SMILES string of the molecule is Cl.N[C@@H](c1cc(Br)cc(C(F)(F)F)c1)C1CCCCC1. The maximum atomic E-state index is 12.8. The highest BCUT2D eigenvalue weighted by Gasteiger charge is 2.32. The summed E-state index contributed by atoms with van der Waals surface area (Å²) in [5.74, 6) is 0.295. The summed E-state index contributed by atoms with van der Waals surface area (Å²) in [6, 6.07) is 3.68. The minimum absolute atomic E-state index is 0. The van der Waals surface area contributed by atoms with Gasteiger partial charge in [0.25, 0.3) is 0 Å². The highest BCUT2D eigenvalue weighted by Crippen LogP contribution is 2.37. The minimum Gasteiger partial charge on any atom is -0.324 e. The first-order chi connectivity index (χ1) is 8.88. The lowest BCUT2D eigenvalue weighted by Crippen LogP contribution is -2.24. The molecular formula is C14H18BrClF3N. The van der Waals surface area contributed by atoms with Crippen molar-refractivity contribution in [2.24, 2.45) is 11.7 Å². The van der Waals surface area contributed by atoms with Gasteiger partial charge >= 0.3 is 6.18 Å². The molecule has 0 amide bonds. The minimum atomic E-state index is -4.33. The van der Waals surface area contributed by atoms with Gasteiger partial charge in [-0.2, -0.15) is 13.2 Å². The third-order valence-corrected chi connectivity index (χ3v) is 4.25. The van der Waals surface area contributed by atoms with E-state index in [0.29, 0.717) is 16.0 Å². The first-order valence-electron chi connectivity index (χ1n) is 6.51. The van der Waals surface area contributed by atoms with Gasteiger partial charge in [-0.25, -0.2) is 0 Å². The zero-order chi connectivity index (χ0) is 14.0. The fraction of sp³-hybridized carbons (Fsp3) is 0.571. The first kappa shape index (κ1) is 17.8. The molecule has 2 rings (SSSR count). The van der Waals surface area contributed by atoms with E-state index >= 15 is 0 Å². The Morgan fingerprint density at radius 2 is 1.70 bits per heavy atom. The molecule has 6 heteroatoms. The molecular weight excluding hydrogens is 355 g/mol. The van der Waals surface area contributed by atoms with Crippen molar-refractivity contribution >= 4 is 28.3 Å². The van der Waals surface area contributed by atoms with Gasteiger partial charge in [-0.1, -0.05) is 35.2 Å². The molecule has 0 spiro atoms. The van der Waals surface area contributed by atoms with Gasteiger partial charge in [0.2, 0.25) is 0 Å². The van der Waals surface area contributed by atoms with Crippen LogP contribution in [0.2, 0.25) is 0 Å². The summed E-state index contributed by atoms with van der Waals surface area (Å²) in [4.78, 5) is 0. The number of hydrogen-bond donors (Lipinski definition) is 1. The number of benzene rings is 1. The highest BCUT2D eigenvalue weighted by molar-refractivity contribution is 9.10. The third-order valence-electron chi connectivity index (χ3n) is 3.79. The summed E-state index contributed by atoms with van der Waals surface area (Å²) in [7, 11) is 0. The molecule has 1 aromatic rings. The quantitative estimate of drug-likeness (QED) is 0.732. The Hall–Kier alpha value is -0.260.